The quantitative estimate of drug-likeness (QED) is 0.797. The van der Waals surface area contributed by atoms with E-state index in [4.69, 9.17) is 0 Å². The Balaban J connectivity index is 1.68. The van der Waals surface area contributed by atoms with Crippen LogP contribution in [0.15, 0.2) is 28.7 Å². The predicted molar refractivity (Wildman–Crippen MR) is 88.8 cm³/mol. The fourth-order valence-electron chi connectivity index (χ4n) is 4.03. The van der Waals surface area contributed by atoms with Crippen molar-refractivity contribution in [1.29, 1.82) is 0 Å². The van der Waals surface area contributed by atoms with Crippen LogP contribution in [0.5, 0.6) is 0 Å². The van der Waals surface area contributed by atoms with Crippen LogP contribution in [0, 0.1) is 23.2 Å². The van der Waals surface area contributed by atoms with Crippen LogP contribution in [0.25, 0.3) is 0 Å². The summed E-state index contributed by atoms with van der Waals surface area (Å²) in [4.78, 5) is 0. The number of hydrogen-bond acceptors (Lipinski definition) is 1. The Morgan fingerprint density at radius 3 is 2.60 bits per heavy atom. The predicted octanol–water partition coefficient (Wildman–Crippen LogP) is 4.65. The van der Waals surface area contributed by atoms with E-state index < -0.39 is 0 Å². The molecule has 20 heavy (non-hydrogen) atoms. The Kier molecular flexibility index (Phi) is 4.24. The second-order valence-electron chi connectivity index (χ2n) is 7.46. The van der Waals surface area contributed by atoms with E-state index in [1.807, 2.05) is 0 Å². The molecule has 3 rings (SSSR count). The molecule has 0 heterocycles. The van der Waals surface area contributed by atoms with Crippen LogP contribution in [-0.2, 0) is 6.42 Å². The van der Waals surface area contributed by atoms with Crippen LogP contribution in [0.3, 0.4) is 0 Å². The second kappa shape index (κ2) is 5.81. The van der Waals surface area contributed by atoms with E-state index in [9.17, 15) is 0 Å². The van der Waals surface area contributed by atoms with Crippen LogP contribution >= 0.6 is 15.9 Å². The van der Waals surface area contributed by atoms with Crippen molar-refractivity contribution >= 4 is 15.9 Å². The monoisotopic (exact) mass is 335 g/mol. The molecular formula is C18H26BrN. The van der Waals surface area contributed by atoms with Gasteiger partial charge in [0.25, 0.3) is 0 Å². The second-order valence-corrected chi connectivity index (χ2v) is 8.31. The average molecular weight is 336 g/mol. The summed E-state index contributed by atoms with van der Waals surface area (Å²) in [6.07, 6.45) is 5.60. The third kappa shape index (κ3) is 3.28. The van der Waals surface area contributed by atoms with Gasteiger partial charge in [-0.15, -0.1) is 0 Å². The Bertz CT molecular complexity index is 458. The minimum absolute atomic E-state index is 0.506. The molecule has 1 aromatic carbocycles. The Morgan fingerprint density at radius 1 is 1.25 bits per heavy atom. The summed E-state index contributed by atoms with van der Waals surface area (Å²) in [6.45, 7) is 6.92. The van der Waals surface area contributed by atoms with E-state index in [1.165, 1.54) is 42.3 Å². The molecule has 1 aromatic rings. The van der Waals surface area contributed by atoms with E-state index in [2.05, 4.69) is 59.4 Å². The summed E-state index contributed by atoms with van der Waals surface area (Å²) in [6, 6.07) is 8.76. The Labute approximate surface area is 131 Å². The third-order valence-electron chi connectivity index (χ3n) is 5.04. The van der Waals surface area contributed by atoms with Crippen molar-refractivity contribution in [3.05, 3.63) is 34.3 Å². The first-order valence-electron chi connectivity index (χ1n) is 8.02. The van der Waals surface area contributed by atoms with Crippen LogP contribution in [0.4, 0.5) is 0 Å². The molecule has 110 valence electrons. The number of halogens is 1. The van der Waals surface area contributed by atoms with Gasteiger partial charge < -0.3 is 5.32 Å². The molecule has 0 aliphatic heterocycles. The smallest absolute Gasteiger partial charge is 0.0207 e. The van der Waals surface area contributed by atoms with Gasteiger partial charge in [0.05, 0.1) is 0 Å². The standard InChI is InChI=1S/C18H26BrN/c1-13(2)11-20-12-18(9-15-7-16(15)10-18)8-14-5-3-4-6-17(14)19/h3-6,13,15-16,20H,7-12H2,1-2H3. The molecule has 0 amide bonds. The van der Waals surface area contributed by atoms with Gasteiger partial charge in [0.2, 0.25) is 0 Å². The van der Waals surface area contributed by atoms with Crippen LogP contribution < -0.4 is 5.32 Å². The maximum absolute atomic E-state index is 3.73. The van der Waals surface area contributed by atoms with Gasteiger partial charge in [0, 0.05) is 11.0 Å². The van der Waals surface area contributed by atoms with Gasteiger partial charge in [0.15, 0.2) is 0 Å². The highest BCUT2D eigenvalue weighted by molar-refractivity contribution is 9.10. The first-order chi connectivity index (χ1) is 9.58. The zero-order chi connectivity index (χ0) is 14.2. The highest BCUT2D eigenvalue weighted by Gasteiger charge is 2.53. The Morgan fingerprint density at radius 2 is 1.95 bits per heavy atom. The molecule has 1 nitrogen and oxygen atoms in total. The highest BCUT2D eigenvalue weighted by Crippen LogP contribution is 2.60. The van der Waals surface area contributed by atoms with E-state index in [-0.39, 0.29) is 0 Å². The van der Waals surface area contributed by atoms with Crippen molar-refractivity contribution in [3.63, 3.8) is 0 Å². The molecular weight excluding hydrogens is 310 g/mol. The summed E-state index contributed by atoms with van der Waals surface area (Å²) >= 11 is 3.73. The maximum Gasteiger partial charge on any atom is 0.0207 e. The molecule has 2 aliphatic rings. The zero-order valence-corrected chi connectivity index (χ0v) is 14.2. The van der Waals surface area contributed by atoms with Gasteiger partial charge in [0.1, 0.15) is 0 Å². The van der Waals surface area contributed by atoms with Crippen molar-refractivity contribution < 1.29 is 0 Å². The first kappa shape index (κ1) is 14.6. The maximum atomic E-state index is 3.73. The van der Waals surface area contributed by atoms with Crippen LogP contribution in [-0.4, -0.2) is 13.1 Å². The lowest BCUT2D eigenvalue weighted by atomic mass is 9.77. The fourth-order valence-corrected chi connectivity index (χ4v) is 4.45. The van der Waals surface area contributed by atoms with Gasteiger partial charge in [-0.2, -0.15) is 0 Å². The highest BCUT2D eigenvalue weighted by atomic mass is 79.9. The van der Waals surface area contributed by atoms with Gasteiger partial charge in [-0.25, -0.2) is 0 Å². The number of fused-ring (bicyclic) bond motifs is 1. The number of nitrogens with one attached hydrogen (secondary N) is 1. The SMILES string of the molecule is CC(C)CNCC1(Cc2ccccc2Br)CC2CC2C1. The number of benzene rings is 1. The lowest BCUT2D eigenvalue weighted by Gasteiger charge is -2.32. The summed E-state index contributed by atoms with van der Waals surface area (Å²) in [7, 11) is 0. The van der Waals surface area contributed by atoms with Crippen LogP contribution in [0.2, 0.25) is 0 Å². The first-order valence-corrected chi connectivity index (χ1v) is 8.81. The molecule has 0 saturated heterocycles. The molecule has 2 aliphatic carbocycles. The summed E-state index contributed by atoms with van der Waals surface area (Å²) in [5, 5.41) is 3.73. The topological polar surface area (TPSA) is 12.0 Å². The lowest BCUT2D eigenvalue weighted by Crippen LogP contribution is -2.36. The normalized spacial score (nSPS) is 31.6. The molecule has 0 radical (unpaired) electrons. The molecule has 1 N–H and O–H groups in total. The molecule has 2 atom stereocenters. The lowest BCUT2D eigenvalue weighted by molar-refractivity contribution is 0.244. The van der Waals surface area contributed by atoms with Gasteiger partial charge in [-0.1, -0.05) is 48.0 Å². The molecule has 0 bridgehead atoms. The third-order valence-corrected chi connectivity index (χ3v) is 5.81. The van der Waals surface area contributed by atoms with Crippen LogP contribution in [0.1, 0.15) is 38.7 Å². The molecule has 2 saturated carbocycles. The number of hydrogen-bond donors (Lipinski definition) is 1. The fraction of sp³-hybridized carbons (Fsp3) is 0.667. The molecule has 0 aromatic heterocycles. The minimum atomic E-state index is 0.506. The molecule has 2 unspecified atom stereocenters. The van der Waals surface area contributed by atoms with Gasteiger partial charge in [-0.05, 0) is 67.0 Å². The Hall–Kier alpha value is -0.340. The minimum Gasteiger partial charge on any atom is -0.316 e. The average Bonchev–Trinajstić information content (AvgIpc) is 3.00. The largest absolute Gasteiger partial charge is 0.316 e. The molecule has 2 heteroatoms. The summed E-state index contributed by atoms with van der Waals surface area (Å²) in [5.41, 5.74) is 1.99. The summed E-state index contributed by atoms with van der Waals surface area (Å²) < 4.78 is 1.28. The number of rotatable bonds is 6. The van der Waals surface area contributed by atoms with Gasteiger partial charge >= 0.3 is 0 Å². The molecule has 0 spiro atoms. The van der Waals surface area contributed by atoms with Gasteiger partial charge in [-0.3, -0.25) is 0 Å². The van der Waals surface area contributed by atoms with Crippen molar-refractivity contribution in [2.24, 2.45) is 23.2 Å². The molecule has 2 fully saturated rings. The van der Waals surface area contributed by atoms with Crippen molar-refractivity contribution in [2.75, 3.05) is 13.1 Å². The van der Waals surface area contributed by atoms with Crippen molar-refractivity contribution in [2.45, 2.75) is 39.5 Å². The van der Waals surface area contributed by atoms with E-state index >= 15 is 0 Å². The summed E-state index contributed by atoms with van der Waals surface area (Å²) in [5.74, 6) is 2.82. The van der Waals surface area contributed by atoms with E-state index in [0.29, 0.717) is 5.41 Å². The van der Waals surface area contributed by atoms with E-state index in [0.717, 1.165) is 24.3 Å². The van der Waals surface area contributed by atoms with Crippen molar-refractivity contribution in [3.8, 4) is 0 Å². The zero-order valence-electron chi connectivity index (χ0n) is 12.7. The van der Waals surface area contributed by atoms with E-state index in [1.54, 1.807) is 0 Å². The van der Waals surface area contributed by atoms with Crippen molar-refractivity contribution in [1.82, 2.24) is 5.32 Å².